The zero-order valence-electron chi connectivity index (χ0n) is 18.2. The second kappa shape index (κ2) is 12.4. The van der Waals surface area contributed by atoms with Gasteiger partial charge in [-0.15, -0.1) is 24.0 Å². The number of alkyl halides is 3. The summed E-state index contributed by atoms with van der Waals surface area (Å²) in [6, 6.07) is 3.19. The van der Waals surface area contributed by atoms with E-state index in [0.717, 1.165) is 44.2 Å². The van der Waals surface area contributed by atoms with Gasteiger partial charge in [-0.05, 0) is 24.8 Å². The fourth-order valence-electron chi connectivity index (χ4n) is 4.02. The summed E-state index contributed by atoms with van der Waals surface area (Å²) in [5.74, 6) is 0.998. The van der Waals surface area contributed by atoms with Crippen molar-refractivity contribution in [2.45, 2.75) is 57.3 Å². The van der Waals surface area contributed by atoms with Crippen LogP contribution in [0.15, 0.2) is 23.3 Å². The Morgan fingerprint density at radius 3 is 2.62 bits per heavy atom. The van der Waals surface area contributed by atoms with Gasteiger partial charge < -0.3 is 20.3 Å². The number of halogens is 4. The molecule has 3 rings (SSSR count). The number of ether oxygens (including phenoxy) is 1. The summed E-state index contributed by atoms with van der Waals surface area (Å²) in [4.78, 5) is 22.8. The smallest absolute Gasteiger partial charge is 0.422 e. The van der Waals surface area contributed by atoms with Crippen molar-refractivity contribution in [3.05, 3.63) is 23.9 Å². The molecule has 2 fully saturated rings. The maximum absolute atomic E-state index is 12.7. The molecule has 1 saturated heterocycles. The van der Waals surface area contributed by atoms with Crippen molar-refractivity contribution < 1.29 is 22.7 Å². The number of guanidine groups is 1. The maximum Gasteiger partial charge on any atom is 0.422 e. The number of rotatable bonds is 6. The zero-order chi connectivity index (χ0) is 22.3. The number of carbonyl (C=O) groups is 1. The minimum atomic E-state index is -4.39. The van der Waals surface area contributed by atoms with Gasteiger partial charge in [0.25, 0.3) is 0 Å². The van der Waals surface area contributed by atoms with Crippen molar-refractivity contribution in [2.24, 2.45) is 10.9 Å². The summed E-state index contributed by atoms with van der Waals surface area (Å²) in [5.41, 5.74) is 0.780. The van der Waals surface area contributed by atoms with E-state index in [9.17, 15) is 18.0 Å². The highest BCUT2D eigenvalue weighted by molar-refractivity contribution is 14.0. The lowest BCUT2D eigenvalue weighted by molar-refractivity contribution is -0.154. The van der Waals surface area contributed by atoms with E-state index in [-0.39, 0.29) is 47.7 Å². The van der Waals surface area contributed by atoms with Crippen molar-refractivity contribution in [1.29, 1.82) is 0 Å². The molecule has 1 aromatic heterocycles. The molecule has 11 heteroatoms. The van der Waals surface area contributed by atoms with E-state index < -0.39 is 12.8 Å². The van der Waals surface area contributed by atoms with Crippen LogP contribution in [0.2, 0.25) is 0 Å². The number of hydrogen-bond donors (Lipinski definition) is 2. The van der Waals surface area contributed by atoms with Crippen LogP contribution >= 0.6 is 24.0 Å². The maximum atomic E-state index is 12.7. The SMILES string of the molecule is CN=C(NCc1ccc(OCC(F)(F)F)nc1)NC1CCN(C(=O)C2CCCCC2)C1.I. The summed E-state index contributed by atoms with van der Waals surface area (Å²) in [7, 11) is 1.67. The number of amides is 1. The molecule has 1 aliphatic carbocycles. The molecule has 7 nitrogen and oxygen atoms in total. The lowest BCUT2D eigenvalue weighted by Gasteiger charge is -2.26. The summed E-state index contributed by atoms with van der Waals surface area (Å²) in [5, 5.41) is 6.52. The molecule has 0 radical (unpaired) electrons. The Labute approximate surface area is 203 Å². The minimum Gasteiger partial charge on any atom is -0.468 e. The number of carbonyl (C=O) groups excluding carboxylic acids is 1. The molecule has 0 aromatic carbocycles. The third-order valence-corrected chi connectivity index (χ3v) is 5.66. The van der Waals surface area contributed by atoms with E-state index in [1.165, 1.54) is 18.7 Å². The molecule has 1 amide bonds. The van der Waals surface area contributed by atoms with Gasteiger partial charge in [0.15, 0.2) is 12.6 Å². The Kier molecular flexibility index (Phi) is 10.3. The molecular weight excluding hydrogens is 538 g/mol. The Bertz CT molecular complexity index is 755. The van der Waals surface area contributed by atoms with Crippen molar-refractivity contribution in [3.8, 4) is 5.88 Å². The molecule has 1 aliphatic heterocycles. The number of aromatic nitrogens is 1. The summed E-state index contributed by atoms with van der Waals surface area (Å²) in [6.07, 6.45) is 3.47. The Morgan fingerprint density at radius 1 is 1.25 bits per heavy atom. The molecule has 0 bridgehead atoms. The molecular formula is C21H31F3IN5O2. The molecule has 32 heavy (non-hydrogen) atoms. The second-order valence-electron chi connectivity index (χ2n) is 8.08. The molecule has 1 saturated carbocycles. The highest BCUT2D eigenvalue weighted by Gasteiger charge is 2.32. The monoisotopic (exact) mass is 569 g/mol. The van der Waals surface area contributed by atoms with Crippen molar-refractivity contribution in [2.75, 3.05) is 26.7 Å². The molecule has 1 unspecified atom stereocenters. The van der Waals surface area contributed by atoms with Gasteiger partial charge in [0, 0.05) is 50.9 Å². The summed E-state index contributed by atoms with van der Waals surface area (Å²) >= 11 is 0. The van der Waals surface area contributed by atoms with E-state index >= 15 is 0 Å². The van der Waals surface area contributed by atoms with Crippen LogP contribution in [0.25, 0.3) is 0 Å². The minimum absolute atomic E-state index is 0. The normalized spacial score (nSPS) is 19.9. The van der Waals surface area contributed by atoms with Gasteiger partial charge in [-0.3, -0.25) is 9.79 Å². The molecule has 2 aliphatic rings. The molecule has 2 heterocycles. The number of nitrogens with one attached hydrogen (secondary N) is 2. The summed E-state index contributed by atoms with van der Waals surface area (Å²) in [6.45, 7) is 0.468. The fraction of sp³-hybridized carbons (Fsp3) is 0.667. The quantitative estimate of drug-likeness (QED) is 0.312. The first kappa shape index (κ1) is 26.5. The highest BCUT2D eigenvalue weighted by Crippen LogP contribution is 2.26. The molecule has 1 atom stereocenters. The van der Waals surface area contributed by atoms with Crippen LogP contribution in [0.3, 0.4) is 0 Å². The topological polar surface area (TPSA) is 78.9 Å². The predicted octanol–water partition coefficient (Wildman–Crippen LogP) is 3.49. The molecule has 2 N–H and O–H groups in total. The number of likely N-dealkylation sites (tertiary alicyclic amines) is 1. The molecule has 1 aromatic rings. The number of pyridine rings is 1. The average molecular weight is 569 g/mol. The Balaban J connectivity index is 0.00000363. The largest absolute Gasteiger partial charge is 0.468 e. The first-order valence-corrected chi connectivity index (χ1v) is 10.7. The van der Waals surface area contributed by atoms with E-state index in [1.54, 1.807) is 13.1 Å². The average Bonchev–Trinajstić information content (AvgIpc) is 3.24. The third kappa shape index (κ3) is 8.28. The van der Waals surface area contributed by atoms with Gasteiger partial charge in [-0.1, -0.05) is 25.3 Å². The van der Waals surface area contributed by atoms with Gasteiger partial charge in [-0.25, -0.2) is 4.98 Å². The Hall–Kier alpha value is -1.79. The van der Waals surface area contributed by atoms with Gasteiger partial charge >= 0.3 is 6.18 Å². The van der Waals surface area contributed by atoms with E-state index in [1.807, 2.05) is 4.90 Å². The van der Waals surface area contributed by atoms with Crippen LogP contribution in [0.5, 0.6) is 5.88 Å². The van der Waals surface area contributed by atoms with Gasteiger partial charge in [0.05, 0.1) is 0 Å². The summed E-state index contributed by atoms with van der Waals surface area (Å²) < 4.78 is 41.2. The van der Waals surface area contributed by atoms with Crippen LogP contribution < -0.4 is 15.4 Å². The van der Waals surface area contributed by atoms with Crippen molar-refractivity contribution >= 4 is 35.8 Å². The third-order valence-electron chi connectivity index (χ3n) is 5.66. The van der Waals surface area contributed by atoms with Crippen LogP contribution in [-0.4, -0.2) is 60.7 Å². The van der Waals surface area contributed by atoms with Crippen molar-refractivity contribution in [1.82, 2.24) is 20.5 Å². The van der Waals surface area contributed by atoms with Crippen LogP contribution in [0.1, 0.15) is 44.1 Å². The molecule has 180 valence electrons. The number of aliphatic imine (C=N–C) groups is 1. The zero-order valence-corrected chi connectivity index (χ0v) is 20.5. The Morgan fingerprint density at radius 2 is 2.00 bits per heavy atom. The predicted molar refractivity (Wildman–Crippen MR) is 126 cm³/mol. The first-order chi connectivity index (χ1) is 14.8. The molecule has 0 spiro atoms. The van der Waals surface area contributed by atoms with Gasteiger partial charge in [0.2, 0.25) is 11.8 Å². The van der Waals surface area contributed by atoms with Crippen LogP contribution in [-0.2, 0) is 11.3 Å². The van der Waals surface area contributed by atoms with Gasteiger partial charge in [-0.2, -0.15) is 13.2 Å². The van der Waals surface area contributed by atoms with Crippen LogP contribution in [0.4, 0.5) is 13.2 Å². The van der Waals surface area contributed by atoms with Gasteiger partial charge in [0.1, 0.15) is 0 Å². The lowest BCUT2D eigenvalue weighted by atomic mass is 9.88. The van der Waals surface area contributed by atoms with E-state index in [0.29, 0.717) is 19.0 Å². The standard InChI is InChI=1S/C21H30F3N5O2.HI/c1-25-20(27-12-15-7-8-18(26-11-15)31-14-21(22,23)24)28-17-9-10-29(13-17)19(30)16-5-3-2-4-6-16;/h7-8,11,16-17H,2-6,9-10,12-14H2,1H3,(H2,25,27,28);1H. The lowest BCUT2D eigenvalue weighted by Crippen LogP contribution is -2.45. The van der Waals surface area contributed by atoms with Crippen molar-refractivity contribution in [3.63, 3.8) is 0 Å². The van der Waals surface area contributed by atoms with E-state index in [2.05, 4.69) is 25.3 Å². The first-order valence-electron chi connectivity index (χ1n) is 10.7. The van der Waals surface area contributed by atoms with Crippen LogP contribution in [0, 0.1) is 5.92 Å². The second-order valence-corrected chi connectivity index (χ2v) is 8.08. The van der Waals surface area contributed by atoms with E-state index in [4.69, 9.17) is 0 Å². The highest BCUT2D eigenvalue weighted by atomic mass is 127. The number of hydrogen-bond acceptors (Lipinski definition) is 4. The fourth-order valence-corrected chi connectivity index (χ4v) is 4.02. The number of nitrogens with zero attached hydrogens (tertiary/aromatic N) is 3.